The Balaban J connectivity index is 4.52. The third-order valence-corrected chi connectivity index (χ3v) is 2.11. The third-order valence-electron chi connectivity index (χ3n) is 2.11. The molecule has 0 aliphatic heterocycles. The molecule has 0 radical (unpaired) electrons. The lowest BCUT2D eigenvalue weighted by atomic mass is 9.83. The summed E-state index contributed by atoms with van der Waals surface area (Å²) in [4.78, 5) is 4.68. The number of hydrogen-bond donors (Lipinski definition) is 0. The standard InChI is InChI=1S/C9H16N2O/c1-5-9(2,3)8(6-7-10)11-12-4/h5-6H2,1-4H3/b11-8+. The van der Waals surface area contributed by atoms with Crippen molar-refractivity contribution < 1.29 is 4.84 Å². The van der Waals surface area contributed by atoms with Crippen LogP contribution < -0.4 is 0 Å². The maximum absolute atomic E-state index is 8.54. The Hall–Kier alpha value is -1.04. The molecule has 0 spiro atoms. The van der Waals surface area contributed by atoms with Gasteiger partial charge in [0, 0.05) is 5.41 Å². The second-order valence-electron chi connectivity index (χ2n) is 3.29. The lowest BCUT2D eigenvalue weighted by molar-refractivity contribution is 0.207. The van der Waals surface area contributed by atoms with E-state index in [2.05, 4.69) is 36.8 Å². The van der Waals surface area contributed by atoms with Crippen molar-refractivity contribution in [2.45, 2.75) is 33.6 Å². The molecular formula is C9H16N2O. The number of nitriles is 1. The van der Waals surface area contributed by atoms with Gasteiger partial charge in [0.15, 0.2) is 0 Å². The summed E-state index contributed by atoms with van der Waals surface area (Å²) in [6, 6.07) is 2.08. The fraction of sp³-hybridized carbons (Fsp3) is 0.778. The van der Waals surface area contributed by atoms with Crippen molar-refractivity contribution in [2.75, 3.05) is 7.11 Å². The molecule has 0 bridgehead atoms. The molecule has 0 unspecified atom stereocenters. The van der Waals surface area contributed by atoms with Gasteiger partial charge >= 0.3 is 0 Å². The molecule has 0 saturated heterocycles. The van der Waals surface area contributed by atoms with Crippen molar-refractivity contribution >= 4 is 5.71 Å². The first-order valence-electron chi connectivity index (χ1n) is 4.06. The molecule has 0 N–H and O–H groups in total. The summed E-state index contributed by atoms with van der Waals surface area (Å²) < 4.78 is 0. The molecule has 0 aliphatic rings. The highest BCUT2D eigenvalue weighted by Crippen LogP contribution is 2.23. The van der Waals surface area contributed by atoms with Crippen LogP contribution in [0.2, 0.25) is 0 Å². The first-order valence-corrected chi connectivity index (χ1v) is 4.06. The second kappa shape index (κ2) is 4.76. The molecule has 0 saturated carbocycles. The highest BCUT2D eigenvalue weighted by Gasteiger charge is 2.23. The minimum Gasteiger partial charge on any atom is -0.399 e. The Morgan fingerprint density at radius 3 is 2.50 bits per heavy atom. The van der Waals surface area contributed by atoms with Crippen LogP contribution in [-0.4, -0.2) is 12.8 Å². The maximum Gasteiger partial charge on any atom is 0.106 e. The molecule has 0 fully saturated rings. The number of oxime groups is 1. The summed E-state index contributed by atoms with van der Waals surface area (Å²) in [7, 11) is 1.50. The number of hydrogen-bond acceptors (Lipinski definition) is 3. The summed E-state index contributed by atoms with van der Waals surface area (Å²) in [6.07, 6.45) is 1.30. The van der Waals surface area contributed by atoms with Crippen LogP contribution in [-0.2, 0) is 4.84 Å². The van der Waals surface area contributed by atoms with Crippen LogP contribution in [0.15, 0.2) is 5.16 Å². The SMILES string of the molecule is CCC(C)(C)/C(CC#N)=N/OC. The van der Waals surface area contributed by atoms with Crippen molar-refractivity contribution in [1.82, 2.24) is 0 Å². The molecule has 0 aliphatic carbocycles. The summed E-state index contributed by atoms with van der Waals surface area (Å²) in [5.74, 6) is 0. The zero-order valence-electron chi connectivity index (χ0n) is 8.22. The van der Waals surface area contributed by atoms with Gasteiger partial charge in [-0.15, -0.1) is 0 Å². The van der Waals surface area contributed by atoms with Crippen LogP contribution in [0.1, 0.15) is 33.6 Å². The molecule has 3 nitrogen and oxygen atoms in total. The first kappa shape index (κ1) is 11.0. The van der Waals surface area contributed by atoms with Crippen LogP contribution in [0, 0.1) is 16.7 Å². The van der Waals surface area contributed by atoms with E-state index in [0.717, 1.165) is 12.1 Å². The molecule has 0 aromatic rings. The second-order valence-corrected chi connectivity index (χ2v) is 3.29. The van der Waals surface area contributed by atoms with Crippen LogP contribution in [0.4, 0.5) is 0 Å². The average molecular weight is 168 g/mol. The normalized spacial score (nSPS) is 12.4. The predicted molar refractivity (Wildman–Crippen MR) is 48.7 cm³/mol. The Morgan fingerprint density at radius 2 is 2.17 bits per heavy atom. The van der Waals surface area contributed by atoms with Crippen LogP contribution >= 0.6 is 0 Å². The number of nitrogens with zero attached hydrogens (tertiary/aromatic N) is 2. The fourth-order valence-electron chi connectivity index (χ4n) is 0.784. The Labute approximate surface area is 74.0 Å². The van der Waals surface area contributed by atoms with Crippen molar-refractivity contribution in [3.05, 3.63) is 0 Å². The van der Waals surface area contributed by atoms with Crippen molar-refractivity contribution in [2.24, 2.45) is 10.6 Å². The topological polar surface area (TPSA) is 45.4 Å². The molecule has 3 heteroatoms. The summed E-state index contributed by atoms with van der Waals surface area (Å²) >= 11 is 0. The molecule has 12 heavy (non-hydrogen) atoms. The summed E-state index contributed by atoms with van der Waals surface area (Å²) in [5, 5.41) is 12.4. The number of rotatable bonds is 4. The molecule has 68 valence electrons. The zero-order valence-corrected chi connectivity index (χ0v) is 8.22. The largest absolute Gasteiger partial charge is 0.399 e. The van der Waals surface area contributed by atoms with Gasteiger partial charge in [-0.05, 0) is 6.42 Å². The van der Waals surface area contributed by atoms with Gasteiger partial charge in [-0.25, -0.2) is 0 Å². The molecule has 0 amide bonds. The Morgan fingerprint density at radius 1 is 1.58 bits per heavy atom. The van der Waals surface area contributed by atoms with E-state index in [4.69, 9.17) is 5.26 Å². The highest BCUT2D eigenvalue weighted by atomic mass is 16.6. The van der Waals surface area contributed by atoms with Gasteiger partial charge in [0.2, 0.25) is 0 Å². The molecular weight excluding hydrogens is 152 g/mol. The van der Waals surface area contributed by atoms with E-state index in [1.165, 1.54) is 7.11 Å². The van der Waals surface area contributed by atoms with Gasteiger partial charge < -0.3 is 4.84 Å². The van der Waals surface area contributed by atoms with E-state index in [0.29, 0.717) is 6.42 Å². The van der Waals surface area contributed by atoms with Gasteiger partial charge in [0.25, 0.3) is 0 Å². The van der Waals surface area contributed by atoms with E-state index >= 15 is 0 Å². The minimum atomic E-state index is -0.0360. The zero-order chi connectivity index (χ0) is 9.61. The Kier molecular flexibility index (Phi) is 4.35. The average Bonchev–Trinajstić information content (AvgIpc) is 2.04. The molecule has 0 rings (SSSR count). The van der Waals surface area contributed by atoms with Gasteiger partial charge in [0.1, 0.15) is 7.11 Å². The highest BCUT2D eigenvalue weighted by molar-refractivity contribution is 5.90. The first-order chi connectivity index (χ1) is 5.58. The van der Waals surface area contributed by atoms with Gasteiger partial charge in [-0.3, -0.25) is 0 Å². The molecule has 0 aromatic carbocycles. The lowest BCUT2D eigenvalue weighted by Crippen LogP contribution is -2.23. The van der Waals surface area contributed by atoms with E-state index in [1.54, 1.807) is 0 Å². The van der Waals surface area contributed by atoms with Gasteiger partial charge in [-0.1, -0.05) is 25.9 Å². The van der Waals surface area contributed by atoms with Crippen LogP contribution in [0.25, 0.3) is 0 Å². The van der Waals surface area contributed by atoms with Crippen molar-refractivity contribution in [3.63, 3.8) is 0 Å². The minimum absolute atomic E-state index is 0.0360. The quantitative estimate of drug-likeness (QED) is 0.477. The third kappa shape index (κ3) is 2.91. The molecule has 0 heterocycles. The van der Waals surface area contributed by atoms with Crippen LogP contribution in [0.5, 0.6) is 0 Å². The summed E-state index contributed by atoms with van der Waals surface area (Å²) in [5.41, 5.74) is 0.779. The fourth-order valence-corrected chi connectivity index (χ4v) is 0.784. The van der Waals surface area contributed by atoms with E-state index < -0.39 is 0 Å². The maximum atomic E-state index is 8.54. The lowest BCUT2D eigenvalue weighted by Gasteiger charge is -2.22. The van der Waals surface area contributed by atoms with E-state index in [-0.39, 0.29) is 5.41 Å². The smallest absolute Gasteiger partial charge is 0.106 e. The van der Waals surface area contributed by atoms with Crippen molar-refractivity contribution in [1.29, 1.82) is 5.26 Å². The molecule has 0 aromatic heterocycles. The molecule has 0 atom stereocenters. The van der Waals surface area contributed by atoms with Gasteiger partial charge in [-0.2, -0.15) is 5.26 Å². The van der Waals surface area contributed by atoms with Gasteiger partial charge in [0.05, 0.1) is 18.2 Å². The van der Waals surface area contributed by atoms with E-state index in [1.807, 2.05) is 0 Å². The van der Waals surface area contributed by atoms with E-state index in [9.17, 15) is 0 Å². The van der Waals surface area contributed by atoms with Crippen LogP contribution in [0.3, 0.4) is 0 Å². The van der Waals surface area contributed by atoms with Crippen molar-refractivity contribution in [3.8, 4) is 6.07 Å². The Bertz CT molecular complexity index is 201. The monoisotopic (exact) mass is 168 g/mol. The predicted octanol–water partition coefficient (Wildman–Crippen LogP) is 2.34. The summed E-state index contributed by atoms with van der Waals surface area (Å²) in [6.45, 7) is 6.19.